The van der Waals surface area contributed by atoms with Gasteiger partial charge in [-0.25, -0.2) is 0 Å². The molecular weight excluding hydrogens is 300 g/mol. The number of hydrogen-bond acceptors (Lipinski definition) is 4. The Morgan fingerprint density at radius 1 is 0.944 bits per heavy atom. The minimum Gasteiger partial charge on any atom is -0.394 e. The van der Waals surface area contributed by atoms with Crippen LogP contribution in [0.5, 0.6) is 0 Å². The zero-order valence-corrected chi connectivity index (χ0v) is 11.7. The number of halogens is 3. The van der Waals surface area contributed by atoms with Crippen LogP contribution in [0.3, 0.4) is 0 Å². The number of nitrogens with one attached hydrogen (secondary N) is 1. The van der Waals surface area contributed by atoms with Gasteiger partial charge >= 0.3 is 0 Å². The van der Waals surface area contributed by atoms with Gasteiger partial charge in [-0.3, -0.25) is 0 Å². The number of hydrogen-bond donors (Lipinski definition) is 4. The molecule has 0 bridgehead atoms. The van der Waals surface area contributed by atoms with Crippen molar-refractivity contribution < 1.29 is 15.3 Å². The van der Waals surface area contributed by atoms with E-state index in [1.165, 1.54) is 0 Å². The van der Waals surface area contributed by atoms with Crippen LogP contribution in [-0.2, 0) is 6.54 Å². The van der Waals surface area contributed by atoms with Gasteiger partial charge in [-0.05, 0) is 12.1 Å². The van der Waals surface area contributed by atoms with Crippen molar-refractivity contribution in [2.45, 2.75) is 12.1 Å². The molecule has 0 radical (unpaired) electrons. The molecule has 0 heterocycles. The summed E-state index contributed by atoms with van der Waals surface area (Å²) in [5.41, 5.74) is -0.639. The van der Waals surface area contributed by atoms with Gasteiger partial charge in [0.05, 0.1) is 35.4 Å². The summed E-state index contributed by atoms with van der Waals surface area (Å²) >= 11 is 17.9. The minimum absolute atomic E-state index is 0.167. The van der Waals surface area contributed by atoms with E-state index in [0.29, 0.717) is 20.6 Å². The van der Waals surface area contributed by atoms with Crippen molar-refractivity contribution in [3.05, 3.63) is 32.8 Å². The molecule has 1 aromatic carbocycles. The summed E-state index contributed by atoms with van der Waals surface area (Å²) in [6.07, 6.45) is 0. The SMILES string of the molecule is OCC(CO)(CO)NCc1c(Cl)ccc(Cl)c1Cl. The summed E-state index contributed by atoms with van der Waals surface area (Å²) in [4.78, 5) is 0. The van der Waals surface area contributed by atoms with Crippen molar-refractivity contribution in [3.8, 4) is 0 Å². The predicted octanol–water partition coefficient (Wildman–Crippen LogP) is 1.45. The number of aliphatic hydroxyl groups excluding tert-OH is 3. The number of aliphatic hydroxyl groups is 3. The molecule has 0 aromatic heterocycles. The molecule has 7 heteroatoms. The molecule has 4 N–H and O–H groups in total. The van der Waals surface area contributed by atoms with E-state index in [0.717, 1.165) is 0 Å². The lowest BCUT2D eigenvalue weighted by Crippen LogP contribution is -2.54. The molecule has 18 heavy (non-hydrogen) atoms. The van der Waals surface area contributed by atoms with E-state index in [1.807, 2.05) is 0 Å². The van der Waals surface area contributed by atoms with Gasteiger partial charge in [-0.2, -0.15) is 0 Å². The summed E-state index contributed by atoms with van der Waals surface area (Å²) in [5.74, 6) is 0. The zero-order valence-electron chi connectivity index (χ0n) is 9.46. The van der Waals surface area contributed by atoms with Crippen LogP contribution in [0.2, 0.25) is 15.1 Å². The van der Waals surface area contributed by atoms with Crippen LogP contribution in [0.4, 0.5) is 0 Å². The largest absolute Gasteiger partial charge is 0.394 e. The first kappa shape index (κ1) is 16.0. The van der Waals surface area contributed by atoms with Crippen molar-refractivity contribution in [2.75, 3.05) is 19.8 Å². The molecule has 102 valence electrons. The number of benzene rings is 1. The van der Waals surface area contributed by atoms with Gasteiger partial charge in [0.1, 0.15) is 0 Å². The lowest BCUT2D eigenvalue weighted by Gasteiger charge is -2.29. The second-order valence-corrected chi connectivity index (χ2v) is 5.12. The molecule has 0 saturated heterocycles. The van der Waals surface area contributed by atoms with Gasteiger partial charge in [0.15, 0.2) is 0 Å². The molecular formula is C11H14Cl3NO3. The Morgan fingerprint density at radius 3 is 1.94 bits per heavy atom. The van der Waals surface area contributed by atoms with Gasteiger partial charge in [0, 0.05) is 17.1 Å². The van der Waals surface area contributed by atoms with Crippen LogP contribution in [0.1, 0.15) is 5.56 Å². The van der Waals surface area contributed by atoms with Crippen LogP contribution in [-0.4, -0.2) is 40.7 Å². The Morgan fingerprint density at radius 2 is 1.44 bits per heavy atom. The monoisotopic (exact) mass is 313 g/mol. The van der Waals surface area contributed by atoms with Crippen molar-refractivity contribution in [1.29, 1.82) is 0 Å². The Balaban J connectivity index is 2.89. The third-order valence-electron chi connectivity index (χ3n) is 2.69. The summed E-state index contributed by atoms with van der Waals surface area (Å²) in [6, 6.07) is 3.18. The molecule has 1 rings (SSSR count). The van der Waals surface area contributed by atoms with E-state index in [-0.39, 0.29) is 6.54 Å². The average molecular weight is 315 g/mol. The first-order chi connectivity index (χ1) is 8.49. The van der Waals surface area contributed by atoms with E-state index in [2.05, 4.69) is 5.32 Å². The van der Waals surface area contributed by atoms with Crippen molar-refractivity contribution in [2.24, 2.45) is 0 Å². The highest BCUT2D eigenvalue weighted by atomic mass is 35.5. The van der Waals surface area contributed by atoms with Gasteiger partial charge in [0.2, 0.25) is 0 Å². The number of rotatable bonds is 6. The fourth-order valence-electron chi connectivity index (χ4n) is 1.32. The fraction of sp³-hybridized carbons (Fsp3) is 0.455. The van der Waals surface area contributed by atoms with Gasteiger partial charge in [0.25, 0.3) is 0 Å². The first-order valence-electron chi connectivity index (χ1n) is 5.19. The average Bonchev–Trinajstić information content (AvgIpc) is 2.39. The first-order valence-corrected chi connectivity index (χ1v) is 6.33. The van der Waals surface area contributed by atoms with E-state index >= 15 is 0 Å². The van der Waals surface area contributed by atoms with Gasteiger partial charge < -0.3 is 20.6 Å². The van der Waals surface area contributed by atoms with E-state index in [9.17, 15) is 15.3 Å². The molecule has 1 aromatic rings. The molecule has 0 atom stereocenters. The molecule has 0 spiro atoms. The topological polar surface area (TPSA) is 72.7 Å². The highest BCUT2D eigenvalue weighted by molar-refractivity contribution is 6.44. The lowest BCUT2D eigenvalue weighted by atomic mass is 10.0. The fourth-order valence-corrected chi connectivity index (χ4v) is 2.01. The second kappa shape index (κ2) is 6.91. The second-order valence-electron chi connectivity index (χ2n) is 3.93. The highest BCUT2D eigenvalue weighted by Crippen LogP contribution is 2.31. The Bertz CT molecular complexity index is 403. The molecule has 0 amide bonds. The third kappa shape index (κ3) is 3.48. The maximum Gasteiger partial charge on any atom is 0.0884 e. The van der Waals surface area contributed by atoms with Gasteiger partial charge in [-0.15, -0.1) is 0 Å². The third-order valence-corrected chi connectivity index (χ3v) is 3.88. The zero-order chi connectivity index (χ0) is 13.8. The summed E-state index contributed by atoms with van der Waals surface area (Å²) in [7, 11) is 0. The minimum atomic E-state index is -1.19. The van der Waals surface area contributed by atoms with Crippen LogP contribution in [0.15, 0.2) is 12.1 Å². The molecule has 0 aliphatic heterocycles. The predicted molar refractivity (Wildman–Crippen MR) is 72.3 cm³/mol. The maximum atomic E-state index is 9.17. The van der Waals surface area contributed by atoms with Crippen LogP contribution in [0.25, 0.3) is 0 Å². The Kier molecular flexibility index (Phi) is 6.14. The van der Waals surface area contributed by atoms with Crippen molar-refractivity contribution in [1.82, 2.24) is 5.32 Å². The summed E-state index contributed by atoms with van der Waals surface area (Å²) < 4.78 is 0. The van der Waals surface area contributed by atoms with E-state index in [1.54, 1.807) is 12.1 Å². The molecule has 0 aliphatic rings. The molecule has 4 nitrogen and oxygen atoms in total. The Labute approximate surface area is 120 Å². The summed E-state index contributed by atoms with van der Waals surface area (Å²) in [5, 5.41) is 31.4. The van der Waals surface area contributed by atoms with Crippen molar-refractivity contribution >= 4 is 34.8 Å². The standard InChI is InChI=1S/C11H14Cl3NO3/c12-8-1-2-9(13)10(14)7(8)3-15-11(4-16,5-17)6-18/h1-2,15-18H,3-6H2. The Hall–Kier alpha value is -0.0700. The molecule has 0 saturated carbocycles. The van der Waals surface area contributed by atoms with Crippen molar-refractivity contribution in [3.63, 3.8) is 0 Å². The van der Waals surface area contributed by atoms with E-state index < -0.39 is 25.4 Å². The van der Waals surface area contributed by atoms with Crippen LogP contribution >= 0.6 is 34.8 Å². The molecule has 0 aliphatic carbocycles. The summed E-state index contributed by atoms with van der Waals surface area (Å²) in [6.45, 7) is -1.10. The van der Waals surface area contributed by atoms with Gasteiger partial charge in [-0.1, -0.05) is 34.8 Å². The van der Waals surface area contributed by atoms with Crippen LogP contribution < -0.4 is 5.32 Å². The smallest absolute Gasteiger partial charge is 0.0884 e. The quantitative estimate of drug-likeness (QED) is 0.600. The maximum absolute atomic E-state index is 9.17. The molecule has 0 unspecified atom stereocenters. The molecule has 0 fully saturated rings. The van der Waals surface area contributed by atoms with E-state index in [4.69, 9.17) is 34.8 Å². The normalized spacial score (nSPS) is 11.9. The lowest BCUT2D eigenvalue weighted by molar-refractivity contribution is 0.0414. The highest BCUT2D eigenvalue weighted by Gasteiger charge is 2.27. The van der Waals surface area contributed by atoms with Crippen LogP contribution in [0, 0.1) is 0 Å².